The molecule has 4 heterocycles. The Hall–Kier alpha value is -4.11. The van der Waals surface area contributed by atoms with Gasteiger partial charge in [-0.1, -0.05) is 24.3 Å². The second kappa shape index (κ2) is 11.4. The van der Waals surface area contributed by atoms with Crippen LogP contribution in [0.2, 0.25) is 0 Å². The molecule has 0 aliphatic carbocycles. The number of ether oxygens (including phenoxy) is 3. The number of nitrogens with zero attached hydrogens (tertiary/aromatic N) is 5. The maximum Gasteiger partial charge on any atom is 0.241 e. The van der Waals surface area contributed by atoms with E-state index in [1.54, 1.807) is 7.11 Å². The molecule has 0 bridgehead atoms. The quantitative estimate of drug-likeness (QED) is 0.305. The van der Waals surface area contributed by atoms with E-state index in [4.69, 9.17) is 19.2 Å². The van der Waals surface area contributed by atoms with E-state index in [0.29, 0.717) is 18.8 Å². The smallest absolute Gasteiger partial charge is 0.241 e. The molecule has 1 amide bonds. The summed E-state index contributed by atoms with van der Waals surface area (Å²) in [5, 5.41) is 4.56. The number of hydrogen-bond acceptors (Lipinski definition) is 7. The zero-order valence-electron chi connectivity index (χ0n) is 24.1. The van der Waals surface area contributed by atoms with Crippen LogP contribution in [0.1, 0.15) is 37.4 Å². The lowest BCUT2D eigenvalue weighted by Gasteiger charge is -2.28. The van der Waals surface area contributed by atoms with E-state index in [2.05, 4.69) is 41.2 Å². The number of methoxy groups -OCH3 is 1. The van der Waals surface area contributed by atoms with E-state index < -0.39 is 0 Å². The molecule has 9 nitrogen and oxygen atoms in total. The van der Waals surface area contributed by atoms with Crippen LogP contribution >= 0.6 is 0 Å². The van der Waals surface area contributed by atoms with Crippen LogP contribution < -0.4 is 14.4 Å². The Labute approximate surface area is 240 Å². The summed E-state index contributed by atoms with van der Waals surface area (Å²) in [4.78, 5) is 22.3. The van der Waals surface area contributed by atoms with Crippen LogP contribution in [0.15, 0.2) is 60.9 Å². The highest BCUT2D eigenvalue weighted by Gasteiger charge is 2.37. The van der Waals surface area contributed by atoms with Gasteiger partial charge in [-0.25, -0.2) is 9.50 Å². The third-order valence-corrected chi connectivity index (χ3v) is 8.40. The van der Waals surface area contributed by atoms with Gasteiger partial charge in [0.2, 0.25) is 11.8 Å². The van der Waals surface area contributed by atoms with Crippen molar-refractivity contribution in [3.05, 3.63) is 72.1 Å². The van der Waals surface area contributed by atoms with Crippen LogP contribution in [0.3, 0.4) is 0 Å². The molecule has 214 valence electrons. The first-order chi connectivity index (χ1) is 19.9. The maximum absolute atomic E-state index is 13.1. The van der Waals surface area contributed by atoms with Crippen LogP contribution in [-0.4, -0.2) is 71.5 Å². The minimum absolute atomic E-state index is 0.0312. The molecular formula is C32H37N5O4. The molecule has 4 aromatic rings. The van der Waals surface area contributed by atoms with Gasteiger partial charge in [-0.2, -0.15) is 5.10 Å². The fraction of sp³-hybridized carbons (Fsp3) is 0.406. The van der Waals surface area contributed by atoms with E-state index >= 15 is 0 Å². The summed E-state index contributed by atoms with van der Waals surface area (Å²) in [6, 6.07) is 16.3. The Morgan fingerprint density at radius 2 is 1.76 bits per heavy atom. The third-order valence-electron chi connectivity index (χ3n) is 8.40. The molecule has 2 aliphatic rings. The van der Waals surface area contributed by atoms with Crippen molar-refractivity contribution in [2.45, 2.75) is 39.3 Å². The molecule has 2 fully saturated rings. The molecule has 9 heteroatoms. The highest BCUT2D eigenvalue weighted by atomic mass is 16.5. The number of amides is 1. The average Bonchev–Trinajstić information content (AvgIpc) is 3.59. The third kappa shape index (κ3) is 5.46. The number of benzene rings is 2. The minimum Gasteiger partial charge on any atom is -0.497 e. The van der Waals surface area contributed by atoms with Crippen molar-refractivity contribution in [2.75, 3.05) is 44.9 Å². The minimum atomic E-state index is -0.212. The van der Waals surface area contributed by atoms with Crippen molar-refractivity contribution in [2.24, 2.45) is 5.92 Å². The Morgan fingerprint density at radius 3 is 2.46 bits per heavy atom. The summed E-state index contributed by atoms with van der Waals surface area (Å²) in [6.45, 7) is 10.0. The molecule has 2 aliphatic heterocycles. The largest absolute Gasteiger partial charge is 0.497 e. The second-order valence-corrected chi connectivity index (χ2v) is 11.0. The first-order valence-corrected chi connectivity index (χ1v) is 14.3. The van der Waals surface area contributed by atoms with Crippen molar-refractivity contribution in [3.8, 4) is 22.9 Å². The Morgan fingerprint density at radius 1 is 1.02 bits per heavy atom. The summed E-state index contributed by atoms with van der Waals surface area (Å²) >= 11 is 0. The number of carbonyl (C=O) groups is 1. The molecule has 41 heavy (non-hydrogen) atoms. The molecule has 6 rings (SSSR count). The number of rotatable bonds is 8. The highest BCUT2D eigenvalue weighted by molar-refractivity contribution is 5.79. The molecule has 0 saturated carbocycles. The fourth-order valence-electron chi connectivity index (χ4n) is 5.79. The summed E-state index contributed by atoms with van der Waals surface area (Å²) in [5.74, 6) is 1.53. The topological polar surface area (TPSA) is 81.4 Å². The Kier molecular flexibility index (Phi) is 7.53. The Balaban J connectivity index is 1.21. The number of anilines is 1. The van der Waals surface area contributed by atoms with Gasteiger partial charge in [-0.3, -0.25) is 4.79 Å². The average molecular weight is 556 g/mol. The molecule has 0 N–H and O–H groups in total. The lowest BCUT2D eigenvalue weighted by atomic mass is 10.0. The lowest BCUT2D eigenvalue weighted by molar-refractivity contribution is -0.129. The van der Waals surface area contributed by atoms with Crippen LogP contribution in [0.5, 0.6) is 11.6 Å². The molecular weight excluding hydrogens is 518 g/mol. The summed E-state index contributed by atoms with van der Waals surface area (Å²) in [7, 11) is 1.65. The zero-order valence-corrected chi connectivity index (χ0v) is 24.1. The summed E-state index contributed by atoms with van der Waals surface area (Å²) in [5.41, 5.74) is 5.87. The van der Waals surface area contributed by atoms with Crippen molar-refractivity contribution >= 4 is 17.1 Å². The standard InChI is InChI=1S/C32H37N5O4/c1-21-18-33-37-20-29(25-5-9-27(10-6-25)35-13-15-40-16-14-35)34-32(31(21)37)41-23(3)26-17-30(38)36(19-26)22(2)24-7-11-28(39-4)12-8-24/h5-12,18,20,22-23,26H,13-17,19H2,1-4H3/t22-,23-,26?/m1/s1. The van der Waals surface area contributed by atoms with Gasteiger partial charge in [-0.05, 0) is 50.6 Å². The monoisotopic (exact) mass is 555 g/mol. The van der Waals surface area contributed by atoms with Crippen LogP contribution in [0.25, 0.3) is 16.8 Å². The molecule has 2 saturated heterocycles. The number of fused-ring (bicyclic) bond motifs is 1. The first kappa shape index (κ1) is 27.1. The van der Waals surface area contributed by atoms with Gasteiger partial charge in [0.25, 0.3) is 0 Å². The van der Waals surface area contributed by atoms with Gasteiger partial charge in [0.1, 0.15) is 17.4 Å². The van der Waals surface area contributed by atoms with E-state index in [0.717, 1.165) is 60.0 Å². The number of hydrogen-bond donors (Lipinski definition) is 0. The van der Waals surface area contributed by atoms with E-state index in [1.165, 1.54) is 5.69 Å². The van der Waals surface area contributed by atoms with Crippen LogP contribution in [0, 0.1) is 12.8 Å². The van der Waals surface area contributed by atoms with Gasteiger partial charge < -0.3 is 24.0 Å². The number of aryl methyl sites for hydroxylation is 1. The zero-order chi connectivity index (χ0) is 28.5. The summed E-state index contributed by atoms with van der Waals surface area (Å²) in [6.07, 6.45) is 4.01. The molecule has 2 aromatic carbocycles. The van der Waals surface area contributed by atoms with Gasteiger partial charge in [0.15, 0.2) is 0 Å². The Bertz CT molecular complexity index is 1510. The van der Waals surface area contributed by atoms with Crippen molar-refractivity contribution in [1.82, 2.24) is 19.5 Å². The highest BCUT2D eigenvalue weighted by Crippen LogP contribution is 2.34. The van der Waals surface area contributed by atoms with E-state index in [9.17, 15) is 4.79 Å². The van der Waals surface area contributed by atoms with Gasteiger partial charge in [0, 0.05) is 48.8 Å². The van der Waals surface area contributed by atoms with Crippen LogP contribution in [-0.2, 0) is 9.53 Å². The van der Waals surface area contributed by atoms with E-state index in [1.807, 2.05) is 59.9 Å². The molecule has 3 atom stereocenters. The van der Waals surface area contributed by atoms with Crippen molar-refractivity contribution in [3.63, 3.8) is 0 Å². The summed E-state index contributed by atoms with van der Waals surface area (Å²) < 4.78 is 19.2. The predicted molar refractivity (Wildman–Crippen MR) is 158 cm³/mol. The fourth-order valence-corrected chi connectivity index (χ4v) is 5.79. The van der Waals surface area contributed by atoms with Gasteiger partial charge in [-0.15, -0.1) is 0 Å². The molecule has 0 radical (unpaired) electrons. The SMILES string of the molecule is COc1ccc([C@@H](C)N2CC([C@@H](C)Oc3nc(-c4ccc(N5CCOCC5)cc4)cn4ncc(C)c34)CC2=O)cc1. The van der Waals surface area contributed by atoms with Gasteiger partial charge >= 0.3 is 0 Å². The normalized spacial score (nSPS) is 19.0. The lowest BCUT2D eigenvalue weighted by Crippen LogP contribution is -2.36. The maximum atomic E-state index is 13.1. The number of carbonyl (C=O) groups excluding carboxylic acids is 1. The number of aromatic nitrogens is 3. The second-order valence-electron chi connectivity index (χ2n) is 11.0. The van der Waals surface area contributed by atoms with E-state index in [-0.39, 0.29) is 24.0 Å². The predicted octanol–water partition coefficient (Wildman–Crippen LogP) is 4.93. The molecule has 0 spiro atoms. The number of likely N-dealkylation sites (tertiary alicyclic amines) is 1. The van der Waals surface area contributed by atoms with Crippen molar-refractivity contribution < 1.29 is 19.0 Å². The number of morpholine rings is 1. The molecule has 2 aromatic heterocycles. The first-order valence-electron chi connectivity index (χ1n) is 14.3. The van der Waals surface area contributed by atoms with Gasteiger partial charge in [0.05, 0.1) is 44.5 Å². The van der Waals surface area contributed by atoms with Crippen molar-refractivity contribution in [1.29, 1.82) is 0 Å². The van der Waals surface area contributed by atoms with Crippen LogP contribution in [0.4, 0.5) is 5.69 Å². The molecule has 1 unspecified atom stereocenters.